The van der Waals surface area contributed by atoms with Crippen molar-refractivity contribution in [2.75, 3.05) is 11.4 Å². The van der Waals surface area contributed by atoms with Crippen LogP contribution in [-0.4, -0.2) is 27.5 Å². The zero-order valence-corrected chi connectivity index (χ0v) is 11.1. The van der Waals surface area contributed by atoms with Crippen LogP contribution < -0.4 is 10.6 Å². The number of aromatic nitrogens is 2. The predicted octanol–water partition coefficient (Wildman–Crippen LogP) is 1.74. The van der Waals surface area contributed by atoms with Gasteiger partial charge < -0.3 is 10.6 Å². The van der Waals surface area contributed by atoms with E-state index in [1.165, 1.54) is 12.8 Å². The Balaban J connectivity index is 2.19. The van der Waals surface area contributed by atoms with Gasteiger partial charge in [-0.25, -0.2) is 9.97 Å². The molecule has 2 atom stereocenters. The van der Waals surface area contributed by atoms with Crippen LogP contribution in [0.1, 0.15) is 32.4 Å². The van der Waals surface area contributed by atoms with Crippen molar-refractivity contribution in [2.45, 2.75) is 32.7 Å². The van der Waals surface area contributed by atoms with Crippen molar-refractivity contribution in [2.24, 2.45) is 11.7 Å². The number of anilines is 1. The maximum Gasteiger partial charge on any atom is 0.147 e. The highest BCUT2D eigenvalue weighted by Gasteiger charge is 2.25. The molecule has 0 bridgehead atoms. The molecule has 17 heavy (non-hydrogen) atoms. The Morgan fingerprint density at radius 3 is 2.76 bits per heavy atom. The van der Waals surface area contributed by atoms with Crippen molar-refractivity contribution < 1.29 is 0 Å². The molecule has 92 valence electrons. The highest BCUT2D eigenvalue weighted by molar-refractivity contribution is 7.80. The van der Waals surface area contributed by atoms with Crippen molar-refractivity contribution in [3.63, 3.8) is 0 Å². The van der Waals surface area contributed by atoms with Crippen LogP contribution >= 0.6 is 12.2 Å². The lowest BCUT2D eigenvalue weighted by atomic mass is 9.92. The minimum atomic E-state index is 0.295. The number of piperidine rings is 1. The second-order valence-corrected chi connectivity index (χ2v) is 5.12. The van der Waals surface area contributed by atoms with Crippen molar-refractivity contribution in [1.29, 1.82) is 0 Å². The molecule has 2 unspecified atom stereocenters. The Hall–Kier alpha value is -1.23. The van der Waals surface area contributed by atoms with Gasteiger partial charge in [0.05, 0.1) is 12.4 Å². The number of thiocarbonyl (C=S) groups is 1. The van der Waals surface area contributed by atoms with Gasteiger partial charge in [0.1, 0.15) is 16.5 Å². The number of hydrogen-bond donors (Lipinski definition) is 1. The van der Waals surface area contributed by atoms with Crippen LogP contribution in [0.15, 0.2) is 12.4 Å². The molecule has 0 aromatic carbocycles. The Morgan fingerprint density at radius 1 is 1.41 bits per heavy atom. The van der Waals surface area contributed by atoms with Gasteiger partial charge in [-0.1, -0.05) is 19.1 Å². The van der Waals surface area contributed by atoms with E-state index in [4.69, 9.17) is 18.0 Å². The normalized spacial score (nSPS) is 24.7. The molecule has 0 saturated carbocycles. The first-order chi connectivity index (χ1) is 8.09. The first kappa shape index (κ1) is 12.2. The number of nitrogens with two attached hydrogens (primary N) is 1. The SMILES string of the molecule is CC1CCCN(c2cnc(C(N)=S)cn2)C1C. The summed E-state index contributed by atoms with van der Waals surface area (Å²) in [5, 5.41) is 0. The van der Waals surface area contributed by atoms with Gasteiger partial charge in [0.25, 0.3) is 0 Å². The average Bonchev–Trinajstić information content (AvgIpc) is 2.33. The van der Waals surface area contributed by atoms with E-state index in [0.717, 1.165) is 12.4 Å². The summed E-state index contributed by atoms with van der Waals surface area (Å²) < 4.78 is 0. The molecule has 1 fully saturated rings. The van der Waals surface area contributed by atoms with E-state index in [1.807, 2.05) is 0 Å². The fourth-order valence-electron chi connectivity index (χ4n) is 2.26. The first-order valence-corrected chi connectivity index (χ1v) is 6.39. The first-order valence-electron chi connectivity index (χ1n) is 5.98. The molecule has 1 aromatic rings. The fourth-order valence-corrected chi connectivity index (χ4v) is 2.36. The Bertz CT molecular complexity index is 403. The van der Waals surface area contributed by atoms with Crippen LogP contribution in [0.5, 0.6) is 0 Å². The lowest BCUT2D eigenvalue weighted by molar-refractivity contribution is 0.361. The van der Waals surface area contributed by atoms with E-state index in [2.05, 4.69) is 28.7 Å². The summed E-state index contributed by atoms with van der Waals surface area (Å²) in [6.07, 6.45) is 5.92. The molecule has 2 N–H and O–H groups in total. The molecule has 1 aliphatic rings. The molecule has 4 nitrogen and oxygen atoms in total. The summed E-state index contributed by atoms with van der Waals surface area (Å²) in [6.45, 7) is 5.58. The molecule has 1 aromatic heterocycles. The quantitative estimate of drug-likeness (QED) is 0.810. The molecule has 0 amide bonds. The predicted molar refractivity (Wildman–Crippen MR) is 73.1 cm³/mol. The van der Waals surface area contributed by atoms with Gasteiger partial charge >= 0.3 is 0 Å². The monoisotopic (exact) mass is 250 g/mol. The van der Waals surface area contributed by atoms with Gasteiger partial charge in [0.2, 0.25) is 0 Å². The minimum absolute atomic E-state index is 0.295. The third-order valence-electron chi connectivity index (χ3n) is 3.56. The minimum Gasteiger partial charge on any atom is -0.388 e. The van der Waals surface area contributed by atoms with Gasteiger partial charge in [-0.05, 0) is 25.7 Å². The maximum absolute atomic E-state index is 5.51. The second-order valence-electron chi connectivity index (χ2n) is 4.68. The molecular weight excluding hydrogens is 232 g/mol. The molecular formula is C12H18N4S. The number of hydrogen-bond acceptors (Lipinski definition) is 4. The van der Waals surface area contributed by atoms with Crippen LogP contribution in [0.2, 0.25) is 0 Å². The Labute approximate surface area is 107 Å². The molecule has 0 aliphatic carbocycles. The van der Waals surface area contributed by atoms with Crippen LogP contribution in [-0.2, 0) is 0 Å². The van der Waals surface area contributed by atoms with Crippen LogP contribution in [0.25, 0.3) is 0 Å². The molecule has 2 heterocycles. The van der Waals surface area contributed by atoms with Gasteiger partial charge in [0.15, 0.2) is 0 Å². The van der Waals surface area contributed by atoms with E-state index < -0.39 is 0 Å². The third-order valence-corrected chi connectivity index (χ3v) is 3.77. The second kappa shape index (κ2) is 4.96. The summed E-state index contributed by atoms with van der Waals surface area (Å²) in [5.74, 6) is 1.62. The van der Waals surface area contributed by atoms with Gasteiger partial charge in [-0.15, -0.1) is 0 Å². The van der Waals surface area contributed by atoms with Crippen molar-refractivity contribution in [1.82, 2.24) is 9.97 Å². The summed E-state index contributed by atoms with van der Waals surface area (Å²) in [4.78, 5) is 11.3. The number of rotatable bonds is 2. The van der Waals surface area contributed by atoms with Crippen molar-refractivity contribution in [3.05, 3.63) is 18.1 Å². The fraction of sp³-hybridized carbons (Fsp3) is 0.583. The van der Waals surface area contributed by atoms with Crippen LogP contribution in [0.3, 0.4) is 0 Å². The zero-order valence-electron chi connectivity index (χ0n) is 10.3. The summed E-state index contributed by atoms with van der Waals surface area (Å²) >= 11 is 4.87. The van der Waals surface area contributed by atoms with Gasteiger partial charge in [0, 0.05) is 12.6 Å². The molecule has 0 spiro atoms. The average molecular weight is 250 g/mol. The van der Waals surface area contributed by atoms with E-state index in [0.29, 0.717) is 22.6 Å². The Kier molecular flexibility index (Phi) is 3.57. The van der Waals surface area contributed by atoms with E-state index >= 15 is 0 Å². The van der Waals surface area contributed by atoms with Gasteiger partial charge in [-0.3, -0.25) is 0 Å². The molecule has 0 radical (unpaired) electrons. The molecule has 5 heteroatoms. The molecule has 1 saturated heterocycles. The van der Waals surface area contributed by atoms with Crippen molar-refractivity contribution in [3.8, 4) is 0 Å². The highest BCUT2D eigenvalue weighted by atomic mass is 32.1. The molecule has 1 aliphatic heterocycles. The Morgan fingerprint density at radius 2 is 2.18 bits per heavy atom. The van der Waals surface area contributed by atoms with E-state index in [1.54, 1.807) is 12.4 Å². The summed E-state index contributed by atoms with van der Waals surface area (Å²) in [5.41, 5.74) is 6.09. The third kappa shape index (κ3) is 2.54. The summed E-state index contributed by atoms with van der Waals surface area (Å²) in [7, 11) is 0. The number of nitrogens with zero attached hydrogens (tertiary/aromatic N) is 3. The lowest BCUT2D eigenvalue weighted by Gasteiger charge is -2.38. The topological polar surface area (TPSA) is 55.0 Å². The van der Waals surface area contributed by atoms with Gasteiger partial charge in [-0.2, -0.15) is 0 Å². The van der Waals surface area contributed by atoms with Crippen LogP contribution in [0, 0.1) is 5.92 Å². The molecule has 2 rings (SSSR count). The van der Waals surface area contributed by atoms with Crippen molar-refractivity contribution >= 4 is 23.0 Å². The zero-order chi connectivity index (χ0) is 12.4. The van der Waals surface area contributed by atoms with Crippen LogP contribution in [0.4, 0.5) is 5.82 Å². The standard InChI is InChI=1S/C12H18N4S/c1-8-4-3-5-16(9(8)2)11-7-14-10(6-15-11)12(13)17/h6-9H,3-5H2,1-2H3,(H2,13,17). The maximum atomic E-state index is 5.51. The smallest absolute Gasteiger partial charge is 0.147 e. The lowest BCUT2D eigenvalue weighted by Crippen LogP contribution is -2.43. The van der Waals surface area contributed by atoms with E-state index in [9.17, 15) is 0 Å². The highest BCUT2D eigenvalue weighted by Crippen LogP contribution is 2.26. The van der Waals surface area contributed by atoms with E-state index in [-0.39, 0.29) is 0 Å². The summed E-state index contributed by atoms with van der Waals surface area (Å²) in [6, 6.07) is 0.508. The largest absolute Gasteiger partial charge is 0.388 e.